The number of nitrogens with one attached hydrogen (secondary N) is 2. The monoisotopic (exact) mass is 299 g/mol. The van der Waals surface area contributed by atoms with Crippen LogP contribution in [0.1, 0.15) is 19.3 Å². The quantitative estimate of drug-likeness (QED) is 0.378. The maximum Gasteiger partial charge on any atom is 0.212 e. The van der Waals surface area contributed by atoms with Crippen LogP contribution in [0, 0.1) is 5.41 Å². The van der Waals surface area contributed by atoms with Crippen molar-refractivity contribution < 1.29 is 14.6 Å². The second-order valence-electron chi connectivity index (χ2n) is 5.15. The summed E-state index contributed by atoms with van der Waals surface area (Å²) < 4.78 is 6.16. The zero-order chi connectivity index (χ0) is 14.6. The molecule has 20 heavy (non-hydrogen) atoms. The first kappa shape index (κ1) is 15.3. The molecule has 0 saturated carbocycles. The predicted molar refractivity (Wildman–Crippen MR) is 78.6 cm³/mol. The molecule has 2 saturated heterocycles. The Morgan fingerprint density at radius 1 is 1.70 bits per heavy atom. The van der Waals surface area contributed by atoms with Gasteiger partial charge in [0, 0.05) is 19.9 Å². The number of ether oxygens (including phenoxy) is 1. The molecule has 0 unspecified atom stereocenters. The van der Waals surface area contributed by atoms with Crippen molar-refractivity contribution in [3.8, 4) is 0 Å². The highest BCUT2D eigenvalue weighted by molar-refractivity contribution is 8.02. The molecule has 2 fully saturated rings. The van der Waals surface area contributed by atoms with Gasteiger partial charge in [-0.1, -0.05) is 0 Å². The van der Waals surface area contributed by atoms with Crippen LogP contribution in [0.2, 0.25) is 0 Å². The molecule has 2 aliphatic rings. The van der Waals surface area contributed by atoms with E-state index in [1.54, 1.807) is 6.20 Å². The first-order valence-electron chi connectivity index (χ1n) is 6.70. The number of amidine groups is 1. The van der Waals surface area contributed by atoms with Crippen LogP contribution < -0.4 is 5.32 Å². The zero-order valence-electron chi connectivity index (χ0n) is 11.5. The van der Waals surface area contributed by atoms with E-state index in [1.165, 1.54) is 6.08 Å². The Balaban J connectivity index is 1.98. The topological polar surface area (TPSA) is 85.7 Å². The van der Waals surface area contributed by atoms with Crippen molar-refractivity contribution in [1.82, 2.24) is 10.2 Å². The Labute approximate surface area is 123 Å². The number of hydrogen-bond donors (Lipinski definition) is 3. The average molecular weight is 299 g/mol. The second kappa shape index (κ2) is 6.60. The molecule has 2 aliphatic heterocycles. The lowest BCUT2D eigenvalue weighted by atomic mass is 9.96. The molecular formula is C13H21N3O3S. The number of aliphatic hydroxyl groups is 1. The lowest BCUT2D eigenvalue weighted by molar-refractivity contribution is -0.108. The van der Waals surface area contributed by atoms with Crippen molar-refractivity contribution in [3.05, 3.63) is 12.3 Å². The largest absolute Gasteiger partial charge is 0.396 e. The van der Waals surface area contributed by atoms with Gasteiger partial charge in [-0.2, -0.15) is 11.8 Å². The van der Waals surface area contributed by atoms with E-state index in [0.29, 0.717) is 12.8 Å². The first-order chi connectivity index (χ1) is 9.61. The minimum atomic E-state index is -0.0434. The minimum Gasteiger partial charge on any atom is -0.396 e. The molecular weight excluding hydrogens is 278 g/mol. The fourth-order valence-corrected chi connectivity index (χ4v) is 4.12. The van der Waals surface area contributed by atoms with Crippen LogP contribution in [0.4, 0.5) is 0 Å². The summed E-state index contributed by atoms with van der Waals surface area (Å²) in [5, 5.41) is 18.8. The number of carbonyl (C=O) groups is 1. The van der Waals surface area contributed by atoms with Gasteiger partial charge < -0.3 is 20.1 Å². The van der Waals surface area contributed by atoms with E-state index in [4.69, 9.17) is 15.3 Å². The van der Waals surface area contributed by atoms with Gasteiger partial charge in [0.1, 0.15) is 12.1 Å². The van der Waals surface area contributed by atoms with Crippen molar-refractivity contribution in [2.24, 2.45) is 0 Å². The SMILES string of the molecule is CN(/C=C\C(=N)NC=O)[C@@H]1O[C@H](CCO)C[C@]12CCS2. The maximum absolute atomic E-state index is 10.2. The molecule has 1 amide bonds. The molecule has 3 N–H and O–H groups in total. The molecule has 2 rings (SSSR count). The Bertz CT molecular complexity index is 398. The molecule has 1 spiro atoms. The smallest absolute Gasteiger partial charge is 0.212 e. The van der Waals surface area contributed by atoms with Gasteiger partial charge in [-0.15, -0.1) is 0 Å². The number of nitrogens with zero attached hydrogens (tertiary/aromatic N) is 1. The molecule has 3 atom stereocenters. The molecule has 0 aromatic carbocycles. The van der Waals surface area contributed by atoms with Gasteiger partial charge >= 0.3 is 0 Å². The normalized spacial score (nSPS) is 32.3. The summed E-state index contributed by atoms with van der Waals surface area (Å²) in [6, 6.07) is 0. The van der Waals surface area contributed by atoms with Crippen LogP contribution in [0.15, 0.2) is 12.3 Å². The molecule has 7 heteroatoms. The number of rotatable bonds is 6. The van der Waals surface area contributed by atoms with E-state index in [1.807, 2.05) is 23.7 Å². The summed E-state index contributed by atoms with van der Waals surface area (Å²) in [4.78, 5) is 12.2. The zero-order valence-corrected chi connectivity index (χ0v) is 12.4. The van der Waals surface area contributed by atoms with Gasteiger partial charge in [-0.05, 0) is 31.1 Å². The van der Waals surface area contributed by atoms with Gasteiger partial charge in [0.05, 0.1) is 10.9 Å². The van der Waals surface area contributed by atoms with E-state index in [0.717, 1.165) is 18.6 Å². The highest BCUT2D eigenvalue weighted by Gasteiger charge is 2.54. The summed E-state index contributed by atoms with van der Waals surface area (Å²) in [5.74, 6) is 1.19. The van der Waals surface area contributed by atoms with E-state index in [9.17, 15) is 4.79 Å². The van der Waals surface area contributed by atoms with E-state index in [2.05, 4.69) is 5.32 Å². The van der Waals surface area contributed by atoms with E-state index >= 15 is 0 Å². The van der Waals surface area contributed by atoms with Crippen LogP contribution in [0.5, 0.6) is 0 Å². The third-order valence-electron chi connectivity index (χ3n) is 3.77. The lowest BCUT2D eigenvalue weighted by Crippen LogP contribution is -2.49. The van der Waals surface area contributed by atoms with Crippen molar-refractivity contribution in [1.29, 1.82) is 5.41 Å². The third-order valence-corrected chi connectivity index (χ3v) is 5.33. The number of amides is 1. The lowest BCUT2D eigenvalue weighted by Gasteiger charge is -2.44. The number of hydrogen-bond acceptors (Lipinski definition) is 6. The molecule has 0 bridgehead atoms. The van der Waals surface area contributed by atoms with Crippen LogP contribution in [-0.4, -0.2) is 58.7 Å². The fourth-order valence-electron chi connectivity index (χ4n) is 2.72. The second-order valence-corrected chi connectivity index (χ2v) is 6.66. The molecule has 112 valence electrons. The summed E-state index contributed by atoms with van der Waals surface area (Å²) in [6.07, 6.45) is 6.58. The highest BCUT2D eigenvalue weighted by atomic mass is 32.2. The molecule has 0 aromatic heterocycles. The van der Waals surface area contributed by atoms with Gasteiger partial charge in [0.15, 0.2) is 0 Å². The molecule has 2 heterocycles. The average Bonchev–Trinajstić information content (AvgIpc) is 2.76. The predicted octanol–water partition coefficient (Wildman–Crippen LogP) is 0.528. The molecule has 0 aromatic rings. The minimum absolute atomic E-state index is 0.0434. The standard InChI is InChI=1S/C13H21N3O3S/c1-16(5-2-11(14)15-9-18)12-13(4-7-20-13)8-10(19-12)3-6-17/h2,5,9-10,12,17H,3-4,6-8H2,1H3,(H2,14,15,18)/b5-2-/t10-,12-,13-/m1/s1. The number of aliphatic hydroxyl groups excluding tert-OH is 1. The van der Waals surface area contributed by atoms with Crippen LogP contribution >= 0.6 is 11.8 Å². The Morgan fingerprint density at radius 2 is 2.45 bits per heavy atom. The summed E-state index contributed by atoms with van der Waals surface area (Å²) in [5.41, 5.74) is 0. The van der Waals surface area contributed by atoms with E-state index in [-0.39, 0.29) is 29.5 Å². The van der Waals surface area contributed by atoms with Crippen LogP contribution in [0.25, 0.3) is 0 Å². The number of thioether (sulfide) groups is 1. The molecule has 6 nitrogen and oxygen atoms in total. The van der Waals surface area contributed by atoms with Crippen LogP contribution in [-0.2, 0) is 9.53 Å². The fraction of sp³-hybridized carbons (Fsp3) is 0.692. The van der Waals surface area contributed by atoms with E-state index < -0.39 is 0 Å². The molecule has 0 aliphatic carbocycles. The van der Waals surface area contributed by atoms with Gasteiger partial charge in [0.25, 0.3) is 0 Å². The van der Waals surface area contributed by atoms with Gasteiger partial charge in [-0.25, -0.2) is 0 Å². The Hall–Kier alpha value is -1.05. The van der Waals surface area contributed by atoms with Crippen molar-refractivity contribution in [2.45, 2.75) is 36.3 Å². The Morgan fingerprint density at radius 3 is 3.00 bits per heavy atom. The maximum atomic E-state index is 10.2. The van der Waals surface area contributed by atoms with Crippen molar-refractivity contribution >= 4 is 24.0 Å². The third kappa shape index (κ3) is 3.16. The summed E-state index contributed by atoms with van der Waals surface area (Å²) in [7, 11) is 1.91. The first-order valence-corrected chi connectivity index (χ1v) is 7.69. The van der Waals surface area contributed by atoms with Crippen LogP contribution in [0.3, 0.4) is 0 Å². The van der Waals surface area contributed by atoms with Gasteiger partial charge in [-0.3, -0.25) is 10.2 Å². The number of carbonyl (C=O) groups excluding carboxylic acids is 1. The Kier molecular flexibility index (Phi) is 5.06. The molecule has 0 radical (unpaired) electrons. The summed E-state index contributed by atoms with van der Waals surface area (Å²) >= 11 is 1.92. The summed E-state index contributed by atoms with van der Waals surface area (Å²) in [6.45, 7) is 0.144. The highest BCUT2D eigenvalue weighted by Crippen LogP contribution is 2.53. The van der Waals surface area contributed by atoms with Crippen molar-refractivity contribution in [3.63, 3.8) is 0 Å². The van der Waals surface area contributed by atoms with Gasteiger partial charge in [0.2, 0.25) is 6.41 Å². The van der Waals surface area contributed by atoms with Crippen molar-refractivity contribution in [2.75, 3.05) is 19.4 Å².